The molecule has 0 saturated carbocycles. The number of halogens is 1. The van der Waals surface area contributed by atoms with E-state index in [2.05, 4.69) is 20.6 Å². The standard InChI is InChI=1S/C42H49FN8O6/c1-22(2)35(48-41(54)56-5)39(52)50-17-7-9-33(50)37-44-29-15-12-25(20-31(29)46-37)24-11-14-27(28(43)19-24)26-13-16-30-32(21-26)47-38(45-30)34-10-8-18-51(34)40(53)36(23(3)4)49-42(55)57-6/h11-16,19-23,33-36H,7-10,17-18H2,1-6H3,(H,44,46)(H,45,47)(H,48,54)(H,49,55)/t33-,34-,35-,36?/m0/s1. The predicted molar refractivity (Wildman–Crippen MR) is 212 cm³/mol. The number of amides is 4. The minimum Gasteiger partial charge on any atom is -0.453 e. The molecule has 0 radical (unpaired) electrons. The number of nitrogens with zero attached hydrogens (tertiary/aromatic N) is 4. The van der Waals surface area contributed by atoms with E-state index in [1.54, 1.807) is 15.9 Å². The fourth-order valence-electron chi connectivity index (χ4n) is 8.04. The Hall–Kier alpha value is -5.99. The summed E-state index contributed by atoms with van der Waals surface area (Å²) < 4.78 is 25.4. The molecule has 2 aliphatic heterocycles. The molecule has 7 rings (SSSR count). The molecule has 14 nitrogen and oxygen atoms in total. The van der Waals surface area contributed by atoms with Gasteiger partial charge in [-0.15, -0.1) is 0 Å². The van der Waals surface area contributed by atoms with Gasteiger partial charge in [0.05, 0.1) is 48.4 Å². The second-order valence-corrected chi connectivity index (χ2v) is 15.5. The molecule has 57 heavy (non-hydrogen) atoms. The highest BCUT2D eigenvalue weighted by Crippen LogP contribution is 2.36. The summed E-state index contributed by atoms with van der Waals surface area (Å²) in [6, 6.07) is 14.4. The third-order valence-corrected chi connectivity index (χ3v) is 11.1. The number of fused-ring (bicyclic) bond motifs is 2. The maximum atomic E-state index is 15.9. The summed E-state index contributed by atoms with van der Waals surface area (Å²) >= 11 is 0. The van der Waals surface area contributed by atoms with Crippen molar-refractivity contribution >= 4 is 46.1 Å². The number of H-pyrrole nitrogens is 2. The molecule has 15 heteroatoms. The highest BCUT2D eigenvalue weighted by atomic mass is 19.1. The number of imidazole rings is 2. The van der Waals surface area contributed by atoms with Gasteiger partial charge in [0.15, 0.2) is 0 Å². The van der Waals surface area contributed by atoms with Crippen LogP contribution in [0.3, 0.4) is 0 Å². The Morgan fingerprint density at radius 2 is 1.12 bits per heavy atom. The fourth-order valence-corrected chi connectivity index (χ4v) is 8.04. The third-order valence-electron chi connectivity index (χ3n) is 11.1. The van der Waals surface area contributed by atoms with Crippen LogP contribution in [0, 0.1) is 17.7 Å². The van der Waals surface area contributed by atoms with Gasteiger partial charge in [-0.1, -0.05) is 52.0 Å². The predicted octanol–water partition coefficient (Wildman–Crippen LogP) is 7.00. The zero-order valence-electron chi connectivity index (χ0n) is 33.0. The van der Waals surface area contributed by atoms with Crippen molar-refractivity contribution in [3.63, 3.8) is 0 Å². The molecule has 4 heterocycles. The monoisotopic (exact) mass is 780 g/mol. The van der Waals surface area contributed by atoms with Crippen LogP contribution in [0.1, 0.15) is 77.1 Å². The molecule has 1 unspecified atom stereocenters. The first-order valence-corrected chi connectivity index (χ1v) is 19.5. The van der Waals surface area contributed by atoms with Gasteiger partial charge in [0.25, 0.3) is 0 Å². The van der Waals surface area contributed by atoms with Crippen LogP contribution in [0.5, 0.6) is 0 Å². The van der Waals surface area contributed by atoms with Crippen molar-refractivity contribution in [2.45, 2.75) is 77.5 Å². The molecule has 4 N–H and O–H groups in total. The van der Waals surface area contributed by atoms with Gasteiger partial charge in [-0.3, -0.25) is 9.59 Å². The van der Waals surface area contributed by atoms with Crippen molar-refractivity contribution in [2.24, 2.45) is 11.8 Å². The lowest BCUT2D eigenvalue weighted by Gasteiger charge is -2.29. The number of aromatic nitrogens is 4. The Kier molecular flexibility index (Phi) is 11.2. The molecular weight excluding hydrogens is 732 g/mol. The molecule has 3 aromatic carbocycles. The highest BCUT2D eigenvalue weighted by Gasteiger charge is 2.39. The number of rotatable bonds is 10. The van der Waals surface area contributed by atoms with Crippen LogP contribution < -0.4 is 10.6 Å². The number of aromatic amines is 2. The van der Waals surface area contributed by atoms with Crippen LogP contribution in [0.25, 0.3) is 44.3 Å². The average Bonchev–Trinajstić information content (AvgIpc) is 4.03. The fraction of sp³-hybridized carbons (Fsp3) is 0.429. The number of nitrogens with one attached hydrogen (secondary N) is 4. The van der Waals surface area contributed by atoms with Crippen molar-refractivity contribution in [1.82, 2.24) is 40.4 Å². The number of hydrogen-bond donors (Lipinski definition) is 4. The van der Waals surface area contributed by atoms with Gasteiger partial charge in [0, 0.05) is 18.7 Å². The number of likely N-dealkylation sites (tertiary alicyclic amines) is 2. The molecule has 2 aromatic heterocycles. The lowest BCUT2D eigenvalue weighted by atomic mass is 9.99. The molecule has 4 amide bonds. The van der Waals surface area contributed by atoms with Gasteiger partial charge >= 0.3 is 12.2 Å². The minimum absolute atomic E-state index is 0.140. The van der Waals surface area contributed by atoms with Crippen LogP contribution in [-0.2, 0) is 19.1 Å². The maximum Gasteiger partial charge on any atom is 0.407 e. The lowest BCUT2D eigenvalue weighted by Crippen LogP contribution is -2.51. The molecule has 5 aromatic rings. The Morgan fingerprint density at radius 1 is 0.684 bits per heavy atom. The van der Waals surface area contributed by atoms with E-state index in [9.17, 15) is 19.2 Å². The maximum absolute atomic E-state index is 15.9. The molecule has 2 fully saturated rings. The van der Waals surface area contributed by atoms with Crippen molar-refractivity contribution < 1.29 is 33.0 Å². The Bertz CT molecular complexity index is 2320. The summed E-state index contributed by atoms with van der Waals surface area (Å²) in [7, 11) is 2.54. The van der Waals surface area contributed by atoms with Gasteiger partial charge in [-0.2, -0.15) is 0 Å². The number of methoxy groups -OCH3 is 2. The first-order valence-electron chi connectivity index (χ1n) is 19.5. The zero-order valence-corrected chi connectivity index (χ0v) is 33.0. The Balaban J connectivity index is 1.09. The largest absolute Gasteiger partial charge is 0.453 e. The second-order valence-electron chi connectivity index (χ2n) is 15.5. The molecule has 0 bridgehead atoms. The number of benzene rings is 3. The molecule has 4 atom stereocenters. The quantitative estimate of drug-likeness (QED) is 0.117. The normalized spacial score (nSPS) is 18.1. The molecule has 0 spiro atoms. The number of carbonyl (C=O) groups is 4. The van der Waals surface area contributed by atoms with Gasteiger partial charge in [0.2, 0.25) is 11.8 Å². The Labute approximate surface area is 329 Å². The van der Waals surface area contributed by atoms with Crippen molar-refractivity contribution in [3.05, 3.63) is 72.1 Å². The van der Waals surface area contributed by atoms with Crippen molar-refractivity contribution in [2.75, 3.05) is 27.3 Å². The van der Waals surface area contributed by atoms with Crippen LogP contribution in [-0.4, -0.2) is 93.1 Å². The highest BCUT2D eigenvalue weighted by molar-refractivity contribution is 5.88. The summed E-state index contributed by atoms with van der Waals surface area (Å²) in [5, 5.41) is 5.35. The Morgan fingerprint density at radius 3 is 1.58 bits per heavy atom. The molecule has 300 valence electrons. The molecule has 0 aliphatic carbocycles. The number of carbonyl (C=O) groups excluding carboxylic acids is 4. The summed E-state index contributed by atoms with van der Waals surface area (Å²) in [6.45, 7) is 8.60. The average molecular weight is 781 g/mol. The zero-order chi connectivity index (χ0) is 40.5. The molecular formula is C42H49FN8O6. The number of ether oxygens (including phenoxy) is 2. The van der Waals surface area contributed by atoms with E-state index in [4.69, 9.17) is 19.4 Å². The minimum atomic E-state index is -0.735. The lowest BCUT2D eigenvalue weighted by molar-refractivity contribution is -0.136. The van der Waals surface area contributed by atoms with Gasteiger partial charge in [0.1, 0.15) is 29.5 Å². The number of hydrogen-bond acceptors (Lipinski definition) is 8. The van der Waals surface area contributed by atoms with E-state index < -0.39 is 24.3 Å². The SMILES string of the molecule is COC(=O)NC(C(=O)N1CCC[C@H]1c1nc2ccc(-c3ccc(-c4ccc5nc([C@@H]6CCCN6C(=O)[C@@H](NC(=O)OC)C(C)C)[nH]c5c4)cc3F)cc2[nH]1)C(C)C. The summed E-state index contributed by atoms with van der Waals surface area (Å²) in [5.74, 6) is 0.265. The molecule has 2 saturated heterocycles. The number of alkyl carbamates (subject to hydrolysis) is 2. The van der Waals surface area contributed by atoms with Crippen molar-refractivity contribution in [3.8, 4) is 22.3 Å². The summed E-state index contributed by atoms with van der Waals surface area (Å²) in [5.41, 5.74) is 5.52. The molecule has 2 aliphatic rings. The third kappa shape index (κ3) is 7.87. The van der Waals surface area contributed by atoms with E-state index in [0.717, 1.165) is 47.8 Å². The first kappa shape index (κ1) is 39.3. The van der Waals surface area contributed by atoms with Crippen LogP contribution in [0.15, 0.2) is 54.6 Å². The second kappa shape index (κ2) is 16.2. The van der Waals surface area contributed by atoms with E-state index in [1.165, 1.54) is 20.3 Å². The van der Waals surface area contributed by atoms with E-state index >= 15 is 4.39 Å². The van der Waals surface area contributed by atoms with E-state index in [0.29, 0.717) is 46.9 Å². The van der Waals surface area contributed by atoms with Crippen LogP contribution in [0.4, 0.5) is 14.0 Å². The topological polar surface area (TPSA) is 175 Å². The van der Waals surface area contributed by atoms with Crippen LogP contribution in [0.2, 0.25) is 0 Å². The van der Waals surface area contributed by atoms with Gasteiger partial charge < -0.3 is 39.9 Å². The van der Waals surface area contributed by atoms with Gasteiger partial charge in [-0.05, 0) is 84.5 Å². The van der Waals surface area contributed by atoms with Gasteiger partial charge in [-0.25, -0.2) is 23.9 Å². The van der Waals surface area contributed by atoms with Crippen LogP contribution >= 0.6 is 0 Å². The summed E-state index contributed by atoms with van der Waals surface area (Å²) in [6.07, 6.45) is 1.74. The first-order chi connectivity index (χ1) is 27.4. The summed E-state index contributed by atoms with van der Waals surface area (Å²) in [4.78, 5) is 71.1. The van der Waals surface area contributed by atoms with E-state index in [1.807, 2.05) is 70.2 Å². The van der Waals surface area contributed by atoms with Crippen molar-refractivity contribution in [1.29, 1.82) is 0 Å². The smallest absolute Gasteiger partial charge is 0.407 e. The van der Waals surface area contributed by atoms with E-state index in [-0.39, 0.29) is 41.6 Å².